The third kappa shape index (κ3) is 3.61. The van der Waals surface area contributed by atoms with E-state index in [-0.39, 0.29) is 16.6 Å². The van der Waals surface area contributed by atoms with Crippen LogP contribution in [0.5, 0.6) is 0 Å². The van der Waals surface area contributed by atoms with Gasteiger partial charge in [-0.2, -0.15) is 24.9 Å². The minimum absolute atomic E-state index is 0.0447. The molecule has 1 heterocycles. The van der Waals surface area contributed by atoms with Crippen LogP contribution in [0.25, 0.3) is 10.9 Å². The van der Waals surface area contributed by atoms with Crippen molar-refractivity contribution in [3.05, 3.63) is 39.6 Å². The van der Waals surface area contributed by atoms with E-state index < -0.39 is 28.0 Å². The molecule has 1 aromatic heterocycles. The first-order chi connectivity index (χ1) is 10.6. The molecule has 1 unspecified atom stereocenters. The van der Waals surface area contributed by atoms with Crippen molar-refractivity contribution in [1.82, 2.24) is 4.98 Å². The van der Waals surface area contributed by atoms with Crippen LogP contribution in [0.2, 0.25) is 0 Å². The summed E-state index contributed by atoms with van der Waals surface area (Å²) in [5, 5.41) is 21.3. The Morgan fingerprint density at radius 1 is 1.35 bits per heavy atom. The van der Waals surface area contributed by atoms with Crippen molar-refractivity contribution in [2.45, 2.75) is 25.6 Å². The number of halogens is 3. The van der Waals surface area contributed by atoms with Gasteiger partial charge < -0.3 is 10.1 Å². The predicted molar refractivity (Wildman–Crippen MR) is 82.5 cm³/mol. The number of nitrogens with one attached hydrogen (secondary N) is 1. The zero-order chi connectivity index (χ0) is 17.4. The molecule has 126 valence electrons. The van der Waals surface area contributed by atoms with Gasteiger partial charge >= 0.3 is 6.18 Å². The molecular formula is C14H15F3N2O3S. The van der Waals surface area contributed by atoms with Crippen LogP contribution in [0.1, 0.15) is 25.1 Å². The van der Waals surface area contributed by atoms with Gasteiger partial charge in [-0.1, -0.05) is 6.92 Å². The maximum absolute atomic E-state index is 13.2. The molecule has 1 atom stereocenters. The number of thioether (sulfide) groups is 1. The number of hydrogen-bond donors (Lipinski definition) is 2. The smallest absolute Gasteiger partial charge is 0.383 e. The summed E-state index contributed by atoms with van der Waals surface area (Å²) in [5.74, 6) is 1.04. The number of nitro benzene ring substituents is 1. The lowest BCUT2D eigenvalue weighted by Crippen LogP contribution is -2.24. The molecule has 0 amide bonds. The van der Waals surface area contributed by atoms with Gasteiger partial charge in [-0.25, -0.2) is 0 Å². The largest absolute Gasteiger partial charge is 0.418 e. The first kappa shape index (κ1) is 17.6. The second-order valence-electron chi connectivity index (χ2n) is 5.31. The highest BCUT2D eigenvalue weighted by Gasteiger charge is 2.36. The first-order valence-electron chi connectivity index (χ1n) is 6.75. The number of nitrogens with zero attached hydrogens (tertiary/aromatic N) is 1. The van der Waals surface area contributed by atoms with Crippen molar-refractivity contribution >= 4 is 28.4 Å². The van der Waals surface area contributed by atoms with Crippen molar-refractivity contribution in [2.75, 3.05) is 11.5 Å². The number of aromatic nitrogens is 1. The summed E-state index contributed by atoms with van der Waals surface area (Å²) in [5.41, 5.74) is -3.19. The van der Waals surface area contributed by atoms with Gasteiger partial charge in [0, 0.05) is 29.0 Å². The van der Waals surface area contributed by atoms with Crippen molar-refractivity contribution in [2.24, 2.45) is 0 Å². The average Bonchev–Trinajstić information content (AvgIpc) is 2.87. The average molecular weight is 348 g/mol. The number of aromatic amines is 1. The molecule has 0 aliphatic carbocycles. The lowest BCUT2D eigenvalue weighted by atomic mass is 10.1. The number of non-ortho nitro benzene ring substituents is 1. The van der Waals surface area contributed by atoms with Gasteiger partial charge in [-0.15, -0.1) is 0 Å². The summed E-state index contributed by atoms with van der Waals surface area (Å²) < 4.78 is 39.5. The number of nitro groups is 1. The Morgan fingerprint density at radius 2 is 2.00 bits per heavy atom. The SMILES string of the molecule is CCSCC(C)(O)c1cc2cc([N+](=O)[O-])cc(C(F)(F)F)c2[nH]1. The second kappa shape index (κ2) is 6.04. The monoisotopic (exact) mass is 348 g/mol. The molecule has 0 aliphatic heterocycles. The Bertz CT molecular complexity index is 741. The molecule has 0 fully saturated rings. The van der Waals surface area contributed by atoms with Crippen molar-refractivity contribution < 1.29 is 23.2 Å². The van der Waals surface area contributed by atoms with E-state index in [1.165, 1.54) is 24.8 Å². The Kier molecular flexibility index (Phi) is 4.63. The number of hydrogen-bond acceptors (Lipinski definition) is 4. The van der Waals surface area contributed by atoms with Crippen molar-refractivity contribution in [3.63, 3.8) is 0 Å². The number of alkyl halides is 3. The van der Waals surface area contributed by atoms with E-state index in [0.717, 1.165) is 11.8 Å². The minimum atomic E-state index is -4.74. The third-order valence-corrected chi connectivity index (χ3v) is 4.57. The minimum Gasteiger partial charge on any atom is -0.383 e. The summed E-state index contributed by atoms with van der Waals surface area (Å²) in [6.45, 7) is 3.39. The maximum Gasteiger partial charge on any atom is 0.418 e. The summed E-state index contributed by atoms with van der Waals surface area (Å²) in [4.78, 5) is 12.6. The summed E-state index contributed by atoms with van der Waals surface area (Å²) >= 11 is 1.44. The van der Waals surface area contributed by atoms with Crippen LogP contribution in [-0.4, -0.2) is 26.5 Å². The van der Waals surface area contributed by atoms with Gasteiger partial charge in [0.1, 0.15) is 5.60 Å². The molecule has 0 saturated heterocycles. The molecule has 0 spiro atoms. The number of H-pyrrole nitrogens is 1. The quantitative estimate of drug-likeness (QED) is 0.631. The molecule has 0 radical (unpaired) electrons. The summed E-state index contributed by atoms with van der Waals surface area (Å²) in [6, 6.07) is 2.89. The molecule has 2 N–H and O–H groups in total. The lowest BCUT2D eigenvalue weighted by Gasteiger charge is -2.21. The van der Waals surface area contributed by atoms with Gasteiger partial charge in [0.05, 0.1) is 16.0 Å². The highest BCUT2D eigenvalue weighted by Crippen LogP contribution is 2.39. The highest BCUT2D eigenvalue weighted by molar-refractivity contribution is 7.99. The zero-order valence-electron chi connectivity index (χ0n) is 12.4. The van der Waals surface area contributed by atoms with Gasteiger partial charge in [0.25, 0.3) is 5.69 Å². The fourth-order valence-corrected chi connectivity index (χ4v) is 2.98. The van der Waals surface area contributed by atoms with E-state index in [4.69, 9.17) is 0 Å². The van der Waals surface area contributed by atoms with E-state index in [1.807, 2.05) is 6.92 Å². The molecule has 2 aromatic rings. The van der Waals surface area contributed by atoms with Gasteiger partial charge in [-0.3, -0.25) is 10.1 Å². The van der Waals surface area contributed by atoms with Gasteiger partial charge in [0.15, 0.2) is 0 Å². The molecule has 0 bridgehead atoms. The number of rotatable bonds is 5. The second-order valence-corrected chi connectivity index (χ2v) is 6.58. The van der Waals surface area contributed by atoms with E-state index in [9.17, 15) is 28.4 Å². The molecule has 5 nitrogen and oxygen atoms in total. The zero-order valence-corrected chi connectivity index (χ0v) is 13.2. The molecule has 0 aliphatic rings. The molecular weight excluding hydrogens is 333 g/mol. The molecule has 1 aromatic carbocycles. The predicted octanol–water partition coefficient (Wildman–Crippen LogP) is 4.06. The van der Waals surface area contributed by atoms with E-state index in [2.05, 4.69) is 4.98 Å². The Balaban J connectivity index is 2.64. The maximum atomic E-state index is 13.2. The van der Waals surface area contributed by atoms with Crippen LogP contribution in [0.3, 0.4) is 0 Å². The van der Waals surface area contributed by atoms with E-state index >= 15 is 0 Å². The van der Waals surface area contributed by atoms with E-state index in [0.29, 0.717) is 11.8 Å². The molecule has 2 rings (SSSR count). The topological polar surface area (TPSA) is 79.2 Å². The fourth-order valence-electron chi connectivity index (χ4n) is 2.23. The van der Waals surface area contributed by atoms with E-state index in [1.54, 1.807) is 0 Å². The first-order valence-corrected chi connectivity index (χ1v) is 7.90. The Morgan fingerprint density at radius 3 is 2.52 bits per heavy atom. The van der Waals surface area contributed by atoms with Crippen LogP contribution >= 0.6 is 11.8 Å². The molecule has 0 saturated carbocycles. The normalized spacial score (nSPS) is 14.9. The Labute approximate surface area is 134 Å². The third-order valence-electron chi connectivity index (χ3n) is 3.40. The van der Waals surface area contributed by atoms with Crippen LogP contribution < -0.4 is 0 Å². The van der Waals surface area contributed by atoms with Crippen LogP contribution in [0.15, 0.2) is 18.2 Å². The standard InChI is InChI=1S/C14H15F3N2O3S/c1-3-23-7-13(2,20)11-5-8-4-9(19(21)22)6-10(12(8)18-11)14(15,16)17/h4-6,18,20H,3,7H2,1-2H3. The summed E-state index contributed by atoms with van der Waals surface area (Å²) in [7, 11) is 0. The van der Waals surface area contributed by atoms with Gasteiger partial charge in [-0.05, 0) is 18.7 Å². The lowest BCUT2D eigenvalue weighted by molar-refractivity contribution is -0.385. The molecule has 23 heavy (non-hydrogen) atoms. The van der Waals surface area contributed by atoms with Gasteiger partial charge in [0.2, 0.25) is 0 Å². The Hall–Kier alpha value is -1.74. The van der Waals surface area contributed by atoms with Crippen LogP contribution in [-0.2, 0) is 11.8 Å². The highest BCUT2D eigenvalue weighted by atomic mass is 32.2. The van der Waals surface area contributed by atoms with Crippen LogP contribution in [0.4, 0.5) is 18.9 Å². The number of benzene rings is 1. The number of fused-ring (bicyclic) bond motifs is 1. The van der Waals surface area contributed by atoms with Crippen LogP contribution in [0, 0.1) is 10.1 Å². The van der Waals surface area contributed by atoms with Crippen molar-refractivity contribution in [3.8, 4) is 0 Å². The number of aliphatic hydroxyl groups is 1. The fraction of sp³-hybridized carbons (Fsp3) is 0.429. The van der Waals surface area contributed by atoms with Crippen molar-refractivity contribution in [1.29, 1.82) is 0 Å². The summed E-state index contributed by atoms with van der Waals surface area (Å²) in [6.07, 6.45) is -4.74. The molecule has 9 heteroatoms.